The van der Waals surface area contributed by atoms with E-state index in [9.17, 15) is 19.3 Å². The number of carbonyl (C=O) groups is 1. The third kappa shape index (κ3) is 1.93. The van der Waals surface area contributed by atoms with Crippen LogP contribution in [0, 0.1) is 22.9 Å². The van der Waals surface area contributed by atoms with Crippen molar-refractivity contribution >= 4 is 11.7 Å². The van der Waals surface area contributed by atoms with E-state index in [2.05, 4.69) is 4.74 Å². The van der Waals surface area contributed by atoms with E-state index in [0.29, 0.717) is 0 Å². The monoisotopic (exact) mass is 213 g/mol. The molecule has 0 heterocycles. The van der Waals surface area contributed by atoms with Gasteiger partial charge in [-0.3, -0.25) is 10.1 Å². The van der Waals surface area contributed by atoms with E-state index in [4.69, 9.17) is 0 Å². The van der Waals surface area contributed by atoms with Gasteiger partial charge in [-0.05, 0) is 18.6 Å². The molecule has 0 bridgehead atoms. The van der Waals surface area contributed by atoms with Crippen molar-refractivity contribution in [2.75, 3.05) is 7.11 Å². The number of esters is 1. The van der Waals surface area contributed by atoms with E-state index in [-0.39, 0.29) is 5.56 Å². The van der Waals surface area contributed by atoms with Gasteiger partial charge in [-0.2, -0.15) is 0 Å². The molecule has 0 aliphatic rings. The number of halogens is 1. The third-order valence-electron chi connectivity index (χ3n) is 1.90. The van der Waals surface area contributed by atoms with Gasteiger partial charge in [0.2, 0.25) is 0 Å². The van der Waals surface area contributed by atoms with E-state index in [0.717, 1.165) is 13.2 Å². The van der Waals surface area contributed by atoms with E-state index < -0.39 is 28.0 Å². The molecule has 15 heavy (non-hydrogen) atoms. The average Bonchev–Trinajstić information content (AvgIpc) is 2.20. The van der Waals surface area contributed by atoms with Crippen LogP contribution in [0.2, 0.25) is 0 Å². The summed E-state index contributed by atoms with van der Waals surface area (Å²) in [6.45, 7) is 1.41. The van der Waals surface area contributed by atoms with Crippen molar-refractivity contribution in [3.8, 4) is 0 Å². The molecule has 1 aromatic rings. The number of hydrogen-bond donors (Lipinski definition) is 0. The molecule has 0 atom stereocenters. The van der Waals surface area contributed by atoms with Gasteiger partial charge < -0.3 is 4.74 Å². The van der Waals surface area contributed by atoms with E-state index in [1.165, 1.54) is 13.0 Å². The molecule has 1 rings (SSSR count). The summed E-state index contributed by atoms with van der Waals surface area (Å²) in [7, 11) is 1.04. The zero-order valence-electron chi connectivity index (χ0n) is 8.11. The number of benzene rings is 1. The Balaban J connectivity index is 3.48. The SMILES string of the molecule is COC(=O)c1c([N+](=O)[O-])ccc(C)c1F. The van der Waals surface area contributed by atoms with Crippen LogP contribution in [-0.2, 0) is 4.74 Å². The number of nitro groups is 1. The van der Waals surface area contributed by atoms with Gasteiger partial charge in [0.05, 0.1) is 12.0 Å². The fourth-order valence-corrected chi connectivity index (χ4v) is 1.12. The summed E-state index contributed by atoms with van der Waals surface area (Å²) in [5.41, 5.74) is -1.08. The fourth-order valence-electron chi connectivity index (χ4n) is 1.12. The lowest BCUT2D eigenvalue weighted by atomic mass is 10.1. The highest BCUT2D eigenvalue weighted by Gasteiger charge is 2.26. The fraction of sp³-hybridized carbons (Fsp3) is 0.222. The topological polar surface area (TPSA) is 69.4 Å². The summed E-state index contributed by atoms with van der Waals surface area (Å²) in [6, 6.07) is 2.31. The lowest BCUT2D eigenvalue weighted by Crippen LogP contribution is -2.09. The first-order valence-electron chi connectivity index (χ1n) is 4.00. The first kappa shape index (κ1) is 11.1. The first-order valence-corrected chi connectivity index (χ1v) is 4.00. The molecule has 5 nitrogen and oxygen atoms in total. The Kier molecular flexibility index (Phi) is 2.99. The number of nitro benzene ring substituents is 1. The number of methoxy groups -OCH3 is 1. The van der Waals surface area contributed by atoms with Crippen LogP contribution in [-0.4, -0.2) is 18.0 Å². The Morgan fingerprint density at radius 1 is 1.53 bits per heavy atom. The lowest BCUT2D eigenvalue weighted by molar-refractivity contribution is -0.385. The molecule has 0 spiro atoms. The summed E-state index contributed by atoms with van der Waals surface area (Å²) >= 11 is 0. The molecule has 6 heteroatoms. The minimum atomic E-state index is -1.05. The maximum Gasteiger partial charge on any atom is 0.347 e. The molecule has 0 N–H and O–H groups in total. The van der Waals surface area contributed by atoms with Gasteiger partial charge in [-0.25, -0.2) is 9.18 Å². The van der Waals surface area contributed by atoms with Gasteiger partial charge >= 0.3 is 5.97 Å². The average molecular weight is 213 g/mol. The Morgan fingerprint density at radius 3 is 2.60 bits per heavy atom. The summed E-state index contributed by atoms with van der Waals surface area (Å²) < 4.78 is 17.7. The molecular weight excluding hydrogens is 205 g/mol. The van der Waals surface area contributed by atoms with Crippen molar-refractivity contribution in [3.63, 3.8) is 0 Å². The minimum absolute atomic E-state index is 0.154. The van der Waals surface area contributed by atoms with Crippen LogP contribution in [0.1, 0.15) is 15.9 Å². The second kappa shape index (κ2) is 4.04. The quantitative estimate of drug-likeness (QED) is 0.427. The predicted molar refractivity (Wildman–Crippen MR) is 49.1 cm³/mol. The molecule has 0 aliphatic carbocycles. The van der Waals surface area contributed by atoms with Gasteiger partial charge in [0.15, 0.2) is 5.56 Å². The summed E-state index contributed by atoms with van der Waals surface area (Å²) in [6.07, 6.45) is 0. The number of aryl methyl sites for hydroxylation is 1. The Morgan fingerprint density at radius 2 is 2.13 bits per heavy atom. The van der Waals surface area contributed by atoms with Crippen molar-refractivity contribution in [1.29, 1.82) is 0 Å². The number of ether oxygens (including phenoxy) is 1. The normalized spacial score (nSPS) is 9.80. The zero-order valence-corrected chi connectivity index (χ0v) is 8.11. The van der Waals surface area contributed by atoms with Gasteiger partial charge in [0, 0.05) is 6.07 Å². The van der Waals surface area contributed by atoms with Crippen molar-refractivity contribution < 1.29 is 18.8 Å². The zero-order chi connectivity index (χ0) is 11.6. The number of nitrogens with zero attached hydrogens (tertiary/aromatic N) is 1. The van der Waals surface area contributed by atoms with Crippen LogP contribution in [0.5, 0.6) is 0 Å². The van der Waals surface area contributed by atoms with Gasteiger partial charge in [0.1, 0.15) is 5.82 Å². The molecule has 0 radical (unpaired) electrons. The molecule has 0 fully saturated rings. The Hall–Kier alpha value is -1.98. The van der Waals surface area contributed by atoms with Gasteiger partial charge in [-0.15, -0.1) is 0 Å². The molecule has 80 valence electrons. The van der Waals surface area contributed by atoms with Crippen LogP contribution in [0.3, 0.4) is 0 Å². The van der Waals surface area contributed by atoms with Crippen LogP contribution in [0.15, 0.2) is 12.1 Å². The minimum Gasteiger partial charge on any atom is -0.465 e. The molecular formula is C9H8FNO4. The second-order valence-corrected chi connectivity index (χ2v) is 2.84. The number of carbonyl (C=O) groups excluding carboxylic acids is 1. The smallest absolute Gasteiger partial charge is 0.347 e. The largest absolute Gasteiger partial charge is 0.465 e. The summed E-state index contributed by atoms with van der Waals surface area (Å²) in [5, 5.41) is 10.5. The molecule has 0 aliphatic heterocycles. The van der Waals surface area contributed by atoms with Crippen LogP contribution < -0.4 is 0 Å². The molecule has 0 amide bonds. The van der Waals surface area contributed by atoms with Crippen LogP contribution >= 0.6 is 0 Å². The molecule has 0 saturated heterocycles. The maximum absolute atomic E-state index is 13.5. The molecule has 0 saturated carbocycles. The van der Waals surface area contributed by atoms with Crippen molar-refractivity contribution in [2.45, 2.75) is 6.92 Å². The third-order valence-corrected chi connectivity index (χ3v) is 1.90. The van der Waals surface area contributed by atoms with Gasteiger partial charge in [0.25, 0.3) is 5.69 Å². The van der Waals surface area contributed by atoms with Crippen molar-refractivity contribution in [2.24, 2.45) is 0 Å². The number of rotatable bonds is 2. The highest BCUT2D eigenvalue weighted by molar-refractivity contribution is 5.94. The van der Waals surface area contributed by atoms with Crippen molar-refractivity contribution in [3.05, 3.63) is 39.2 Å². The van der Waals surface area contributed by atoms with E-state index >= 15 is 0 Å². The first-order chi connectivity index (χ1) is 6.99. The lowest BCUT2D eigenvalue weighted by Gasteiger charge is -2.04. The maximum atomic E-state index is 13.5. The summed E-state index contributed by atoms with van der Waals surface area (Å²) in [5.74, 6) is -1.97. The summed E-state index contributed by atoms with van der Waals surface area (Å²) in [4.78, 5) is 20.9. The Bertz CT molecular complexity index is 430. The molecule has 0 unspecified atom stereocenters. The van der Waals surface area contributed by atoms with Crippen molar-refractivity contribution in [1.82, 2.24) is 0 Å². The van der Waals surface area contributed by atoms with Crippen LogP contribution in [0.4, 0.5) is 10.1 Å². The highest BCUT2D eigenvalue weighted by Crippen LogP contribution is 2.24. The standard InChI is InChI=1S/C9H8FNO4/c1-5-3-4-6(11(13)14)7(8(5)10)9(12)15-2/h3-4H,1-2H3. The highest BCUT2D eigenvalue weighted by atomic mass is 19.1. The second-order valence-electron chi connectivity index (χ2n) is 2.84. The predicted octanol–water partition coefficient (Wildman–Crippen LogP) is 1.83. The molecule has 0 aromatic heterocycles. The Labute approximate surface area is 84.6 Å². The number of hydrogen-bond acceptors (Lipinski definition) is 4. The van der Waals surface area contributed by atoms with Crippen LogP contribution in [0.25, 0.3) is 0 Å². The van der Waals surface area contributed by atoms with E-state index in [1.807, 2.05) is 0 Å². The molecule has 1 aromatic carbocycles. The van der Waals surface area contributed by atoms with E-state index in [1.54, 1.807) is 0 Å². The van der Waals surface area contributed by atoms with Gasteiger partial charge in [-0.1, -0.05) is 0 Å².